The third-order valence-electron chi connectivity index (χ3n) is 3.80. The number of aliphatic carboxylic acids is 1. The van der Waals surface area contributed by atoms with Gasteiger partial charge in [0.1, 0.15) is 0 Å². The van der Waals surface area contributed by atoms with Gasteiger partial charge in [-0.25, -0.2) is 8.42 Å². The molecule has 0 bridgehead atoms. The summed E-state index contributed by atoms with van der Waals surface area (Å²) in [5.74, 6) is -0.781. The van der Waals surface area contributed by atoms with Crippen LogP contribution in [0.15, 0.2) is 23.1 Å². The highest BCUT2D eigenvalue weighted by Gasteiger charge is 2.31. The summed E-state index contributed by atoms with van der Waals surface area (Å²) >= 11 is 5.89. The molecule has 0 amide bonds. The van der Waals surface area contributed by atoms with Crippen molar-refractivity contribution in [2.24, 2.45) is 5.92 Å². The second-order valence-electron chi connectivity index (χ2n) is 5.36. The number of aryl methyl sites for hydroxylation is 1. The minimum absolute atomic E-state index is 0.0504. The first-order valence-electron chi connectivity index (χ1n) is 6.79. The van der Waals surface area contributed by atoms with Crippen LogP contribution in [0.25, 0.3) is 0 Å². The fourth-order valence-electron chi connectivity index (χ4n) is 2.59. The molecule has 2 rings (SSSR count). The zero-order valence-electron chi connectivity index (χ0n) is 11.8. The maximum Gasteiger partial charge on any atom is 0.303 e. The van der Waals surface area contributed by atoms with Gasteiger partial charge in [0.05, 0.1) is 4.90 Å². The predicted molar refractivity (Wildman–Crippen MR) is 79.9 cm³/mol. The molecule has 21 heavy (non-hydrogen) atoms. The molecule has 5 nitrogen and oxygen atoms in total. The normalized spacial score (nSPS) is 17.8. The number of carbonyl (C=O) groups is 1. The molecule has 0 saturated carbocycles. The molecule has 0 atom stereocenters. The molecule has 0 aliphatic carbocycles. The Morgan fingerprint density at radius 3 is 2.57 bits per heavy atom. The van der Waals surface area contributed by atoms with Crippen molar-refractivity contribution >= 4 is 27.6 Å². The molecule has 0 spiro atoms. The van der Waals surface area contributed by atoms with Gasteiger partial charge >= 0.3 is 5.97 Å². The average Bonchev–Trinajstić information content (AvgIpc) is 2.41. The molecule has 0 radical (unpaired) electrons. The van der Waals surface area contributed by atoms with Crippen LogP contribution in [0, 0.1) is 12.8 Å². The molecule has 0 unspecified atom stereocenters. The van der Waals surface area contributed by atoms with Crippen molar-refractivity contribution in [2.75, 3.05) is 13.1 Å². The molecule has 1 aliphatic rings. The van der Waals surface area contributed by atoms with Gasteiger partial charge in [0.15, 0.2) is 0 Å². The fourth-order valence-corrected chi connectivity index (χ4v) is 4.55. The maximum absolute atomic E-state index is 12.6. The third-order valence-corrected chi connectivity index (χ3v) is 6.08. The molecule has 1 heterocycles. The van der Waals surface area contributed by atoms with Crippen LogP contribution < -0.4 is 0 Å². The number of carboxylic acid groups (broad SMARTS) is 1. The molecule has 1 aromatic rings. The Morgan fingerprint density at radius 1 is 1.38 bits per heavy atom. The van der Waals surface area contributed by atoms with E-state index in [0.29, 0.717) is 36.5 Å². The van der Waals surface area contributed by atoms with Crippen LogP contribution in [0.4, 0.5) is 0 Å². The molecule has 1 N–H and O–H groups in total. The largest absolute Gasteiger partial charge is 0.481 e. The number of piperidine rings is 1. The lowest BCUT2D eigenvalue weighted by Gasteiger charge is -2.30. The van der Waals surface area contributed by atoms with E-state index in [1.165, 1.54) is 10.4 Å². The lowest BCUT2D eigenvalue weighted by atomic mass is 9.95. The number of hydrogen-bond acceptors (Lipinski definition) is 3. The zero-order valence-corrected chi connectivity index (χ0v) is 13.3. The van der Waals surface area contributed by atoms with Gasteiger partial charge in [-0.15, -0.1) is 0 Å². The van der Waals surface area contributed by atoms with Crippen molar-refractivity contribution in [3.05, 3.63) is 28.8 Å². The summed E-state index contributed by atoms with van der Waals surface area (Å²) in [6.45, 7) is 2.44. The number of sulfonamides is 1. The summed E-state index contributed by atoms with van der Waals surface area (Å²) in [6, 6.07) is 4.82. The number of nitrogens with zero attached hydrogens (tertiary/aromatic N) is 1. The third kappa shape index (κ3) is 3.75. The predicted octanol–water partition coefficient (Wildman–Crippen LogP) is 2.52. The first kappa shape index (κ1) is 16.3. The highest BCUT2D eigenvalue weighted by atomic mass is 35.5. The standard InChI is InChI=1S/C14H18ClNO4S/c1-10-2-3-12(15)9-13(10)21(19,20)16-6-4-11(5-7-16)8-14(17)18/h2-3,9,11H,4-8H2,1H3,(H,17,18). The second-order valence-corrected chi connectivity index (χ2v) is 7.70. The van der Waals surface area contributed by atoms with Crippen LogP contribution in [0.5, 0.6) is 0 Å². The number of halogens is 1. The summed E-state index contributed by atoms with van der Waals surface area (Å²) < 4.78 is 26.7. The van der Waals surface area contributed by atoms with Gasteiger partial charge in [-0.3, -0.25) is 4.79 Å². The van der Waals surface area contributed by atoms with Crippen molar-refractivity contribution in [1.82, 2.24) is 4.31 Å². The second kappa shape index (κ2) is 6.34. The Labute approximate surface area is 129 Å². The van der Waals surface area contributed by atoms with E-state index in [2.05, 4.69) is 0 Å². The van der Waals surface area contributed by atoms with Crippen molar-refractivity contribution in [1.29, 1.82) is 0 Å². The van der Waals surface area contributed by atoms with E-state index in [-0.39, 0.29) is 17.2 Å². The summed E-state index contributed by atoms with van der Waals surface area (Å²) in [6.07, 6.45) is 1.25. The van der Waals surface area contributed by atoms with E-state index in [1.54, 1.807) is 19.1 Å². The van der Waals surface area contributed by atoms with Crippen molar-refractivity contribution < 1.29 is 18.3 Å². The minimum Gasteiger partial charge on any atom is -0.481 e. The molecule has 1 aliphatic heterocycles. The van der Waals surface area contributed by atoms with Gasteiger partial charge in [0.2, 0.25) is 10.0 Å². The van der Waals surface area contributed by atoms with Crippen LogP contribution in [0.3, 0.4) is 0 Å². The molecular formula is C14H18ClNO4S. The molecule has 116 valence electrons. The van der Waals surface area contributed by atoms with E-state index in [0.717, 1.165) is 0 Å². The minimum atomic E-state index is -3.57. The first-order valence-corrected chi connectivity index (χ1v) is 8.60. The smallest absolute Gasteiger partial charge is 0.303 e. The van der Waals surface area contributed by atoms with E-state index in [4.69, 9.17) is 16.7 Å². The maximum atomic E-state index is 12.6. The molecule has 0 aromatic heterocycles. The number of hydrogen-bond donors (Lipinski definition) is 1. The SMILES string of the molecule is Cc1ccc(Cl)cc1S(=O)(=O)N1CCC(CC(=O)O)CC1. The average molecular weight is 332 g/mol. The summed E-state index contributed by atoms with van der Waals surface area (Å²) in [5, 5.41) is 9.18. The van der Waals surface area contributed by atoms with Gasteiger partial charge in [0, 0.05) is 24.5 Å². The van der Waals surface area contributed by atoms with Gasteiger partial charge in [0.25, 0.3) is 0 Å². The monoisotopic (exact) mass is 331 g/mol. The van der Waals surface area contributed by atoms with Crippen LogP contribution in [-0.2, 0) is 14.8 Å². The van der Waals surface area contributed by atoms with E-state index in [9.17, 15) is 13.2 Å². The fraction of sp³-hybridized carbons (Fsp3) is 0.500. The number of rotatable bonds is 4. The highest BCUT2D eigenvalue weighted by Crippen LogP contribution is 2.28. The summed E-state index contributed by atoms with van der Waals surface area (Å²) in [7, 11) is -3.57. The Morgan fingerprint density at radius 2 is 2.00 bits per heavy atom. The zero-order chi connectivity index (χ0) is 15.6. The summed E-state index contributed by atoms with van der Waals surface area (Å²) in [4.78, 5) is 10.9. The van der Waals surface area contributed by atoms with Gasteiger partial charge < -0.3 is 5.11 Å². The summed E-state index contributed by atoms with van der Waals surface area (Å²) in [5.41, 5.74) is 0.659. The van der Waals surface area contributed by atoms with E-state index >= 15 is 0 Å². The first-order chi connectivity index (χ1) is 9.80. The Bertz CT molecular complexity index is 636. The number of benzene rings is 1. The lowest BCUT2D eigenvalue weighted by molar-refractivity contribution is -0.138. The van der Waals surface area contributed by atoms with Crippen molar-refractivity contribution in [3.8, 4) is 0 Å². The van der Waals surface area contributed by atoms with Gasteiger partial charge in [-0.2, -0.15) is 4.31 Å². The number of carboxylic acids is 1. The topological polar surface area (TPSA) is 74.7 Å². The van der Waals surface area contributed by atoms with Crippen molar-refractivity contribution in [2.45, 2.75) is 31.1 Å². The quantitative estimate of drug-likeness (QED) is 0.920. The van der Waals surface area contributed by atoms with E-state index in [1.807, 2.05) is 0 Å². The van der Waals surface area contributed by atoms with Crippen molar-refractivity contribution in [3.63, 3.8) is 0 Å². The van der Waals surface area contributed by atoms with Crippen LogP contribution >= 0.6 is 11.6 Å². The Hall–Kier alpha value is -1.11. The molecule has 1 aromatic carbocycles. The lowest BCUT2D eigenvalue weighted by Crippen LogP contribution is -2.39. The van der Waals surface area contributed by atoms with Gasteiger partial charge in [-0.1, -0.05) is 17.7 Å². The van der Waals surface area contributed by atoms with Crippen LogP contribution in [0.2, 0.25) is 5.02 Å². The molecule has 1 saturated heterocycles. The Balaban J connectivity index is 2.15. The van der Waals surface area contributed by atoms with Crippen LogP contribution in [-0.4, -0.2) is 36.9 Å². The van der Waals surface area contributed by atoms with Gasteiger partial charge in [-0.05, 0) is 43.4 Å². The Kier molecular flexibility index (Phi) is 4.91. The molecule has 7 heteroatoms. The molecular weight excluding hydrogens is 314 g/mol. The molecule has 1 fully saturated rings. The van der Waals surface area contributed by atoms with E-state index < -0.39 is 16.0 Å². The highest BCUT2D eigenvalue weighted by molar-refractivity contribution is 7.89. The van der Waals surface area contributed by atoms with Crippen LogP contribution in [0.1, 0.15) is 24.8 Å².